The fourth-order valence-corrected chi connectivity index (χ4v) is 2.86. The molecule has 6 heteroatoms. The number of amides is 1. The number of hydrogen-bond acceptors (Lipinski definition) is 4. The molecule has 1 aliphatic heterocycles. The van der Waals surface area contributed by atoms with Crippen LogP contribution in [0.1, 0.15) is 16.1 Å². The molecule has 5 nitrogen and oxygen atoms in total. The standard InChI is InChI=1S/C15H11BrN2O3/c1-21-12-7-2-4-9(17-12)8-18-13-10(14(19)15(18)20)5-3-6-11(13)16/h2-7H,8H2,1H3. The molecule has 0 spiro atoms. The monoisotopic (exact) mass is 346 g/mol. The zero-order chi connectivity index (χ0) is 15.0. The van der Waals surface area contributed by atoms with Crippen LogP contribution in [0.4, 0.5) is 5.69 Å². The number of halogens is 1. The van der Waals surface area contributed by atoms with Crippen LogP contribution in [0.25, 0.3) is 0 Å². The number of anilines is 1. The number of benzene rings is 1. The van der Waals surface area contributed by atoms with E-state index < -0.39 is 11.7 Å². The van der Waals surface area contributed by atoms with Crippen molar-refractivity contribution in [2.75, 3.05) is 12.0 Å². The van der Waals surface area contributed by atoms with E-state index in [1.165, 1.54) is 12.0 Å². The highest BCUT2D eigenvalue weighted by molar-refractivity contribution is 9.10. The number of nitrogens with zero attached hydrogens (tertiary/aromatic N) is 2. The lowest BCUT2D eigenvalue weighted by Crippen LogP contribution is -2.29. The molecule has 1 aliphatic rings. The van der Waals surface area contributed by atoms with E-state index in [-0.39, 0.29) is 6.54 Å². The van der Waals surface area contributed by atoms with Gasteiger partial charge in [-0.05, 0) is 34.1 Å². The van der Waals surface area contributed by atoms with Crippen LogP contribution in [0.15, 0.2) is 40.9 Å². The lowest BCUT2D eigenvalue weighted by atomic mass is 10.1. The molecule has 0 saturated carbocycles. The fraction of sp³-hybridized carbons (Fsp3) is 0.133. The summed E-state index contributed by atoms with van der Waals surface area (Å²) in [7, 11) is 1.53. The first-order chi connectivity index (χ1) is 10.1. The largest absolute Gasteiger partial charge is 0.481 e. The maximum absolute atomic E-state index is 12.2. The summed E-state index contributed by atoms with van der Waals surface area (Å²) in [5, 5.41) is 0. The Hall–Kier alpha value is -2.21. The first-order valence-corrected chi connectivity index (χ1v) is 7.05. The predicted octanol–water partition coefficient (Wildman–Crippen LogP) is 2.58. The number of fused-ring (bicyclic) bond motifs is 1. The van der Waals surface area contributed by atoms with Gasteiger partial charge in [0.05, 0.1) is 30.6 Å². The average Bonchev–Trinajstić information content (AvgIpc) is 2.74. The quantitative estimate of drug-likeness (QED) is 0.801. The van der Waals surface area contributed by atoms with Gasteiger partial charge in [-0.15, -0.1) is 0 Å². The molecule has 21 heavy (non-hydrogen) atoms. The first kappa shape index (κ1) is 13.8. The van der Waals surface area contributed by atoms with Crippen LogP contribution in [0.5, 0.6) is 5.88 Å². The zero-order valence-corrected chi connectivity index (χ0v) is 12.8. The number of rotatable bonds is 3. The number of Topliss-reactive ketones (excluding diaryl/α,β-unsaturated/α-hetero) is 1. The Morgan fingerprint density at radius 1 is 1.19 bits per heavy atom. The van der Waals surface area contributed by atoms with Crippen molar-refractivity contribution in [2.24, 2.45) is 0 Å². The van der Waals surface area contributed by atoms with Crippen molar-refractivity contribution in [1.82, 2.24) is 4.98 Å². The second-order valence-corrected chi connectivity index (χ2v) is 5.38. The van der Waals surface area contributed by atoms with Crippen molar-refractivity contribution in [3.63, 3.8) is 0 Å². The van der Waals surface area contributed by atoms with Gasteiger partial charge in [0.2, 0.25) is 5.88 Å². The smallest absolute Gasteiger partial charge is 0.299 e. The van der Waals surface area contributed by atoms with E-state index in [1.54, 1.807) is 36.4 Å². The lowest BCUT2D eigenvalue weighted by molar-refractivity contribution is -0.114. The molecule has 0 unspecified atom stereocenters. The molecule has 106 valence electrons. The normalized spacial score (nSPS) is 13.5. The molecule has 0 saturated heterocycles. The molecule has 2 heterocycles. The number of carbonyl (C=O) groups is 2. The number of carbonyl (C=O) groups excluding carboxylic acids is 2. The molecular weight excluding hydrogens is 336 g/mol. The Morgan fingerprint density at radius 3 is 2.71 bits per heavy atom. The van der Waals surface area contributed by atoms with Crippen molar-refractivity contribution in [2.45, 2.75) is 6.54 Å². The first-order valence-electron chi connectivity index (χ1n) is 6.26. The number of ether oxygens (including phenoxy) is 1. The van der Waals surface area contributed by atoms with Crippen LogP contribution in [0.2, 0.25) is 0 Å². The summed E-state index contributed by atoms with van der Waals surface area (Å²) in [6, 6.07) is 10.5. The van der Waals surface area contributed by atoms with Crippen LogP contribution >= 0.6 is 15.9 Å². The lowest BCUT2D eigenvalue weighted by Gasteiger charge is -2.17. The Morgan fingerprint density at radius 2 is 1.95 bits per heavy atom. The topological polar surface area (TPSA) is 59.5 Å². The Labute approximate surface area is 129 Å². The molecule has 0 atom stereocenters. The summed E-state index contributed by atoms with van der Waals surface area (Å²) in [6.45, 7) is 0.220. The molecule has 0 fully saturated rings. The van der Waals surface area contributed by atoms with Crippen molar-refractivity contribution in [1.29, 1.82) is 0 Å². The number of methoxy groups -OCH3 is 1. The van der Waals surface area contributed by atoms with Gasteiger partial charge in [-0.25, -0.2) is 4.98 Å². The van der Waals surface area contributed by atoms with Gasteiger partial charge in [-0.1, -0.05) is 12.1 Å². The van der Waals surface area contributed by atoms with Gasteiger partial charge in [0, 0.05) is 10.5 Å². The zero-order valence-electron chi connectivity index (χ0n) is 11.2. The van der Waals surface area contributed by atoms with Gasteiger partial charge >= 0.3 is 0 Å². The van der Waals surface area contributed by atoms with E-state index >= 15 is 0 Å². The third-order valence-electron chi connectivity index (χ3n) is 3.25. The van der Waals surface area contributed by atoms with E-state index in [1.807, 2.05) is 0 Å². The molecule has 1 aromatic heterocycles. The second-order valence-electron chi connectivity index (χ2n) is 4.53. The fourth-order valence-electron chi connectivity index (χ4n) is 2.28. The van der Waals surface area contributed by atoms with E-state index in [2.05, 4.69) is 20.9 Å². The van der Waals surface area contributed by atoms with Crippen LogP contribution in [-0.4, -0.2) is 23.8 Å². The minimum Gasteiger partial charge on any atom is -0.481 e. The number of aromatic nitrogens is 1. The summed E-state index contributed by atoms with van der Waals surface area (Å²) in [4.78, 5) is 29.9. The second kappa shape index (κ2) is 5.29. The van der Waals surface area contributed by atoms with Crippen LogP contribution in [-0.2, 0) is 11.3 Å². The number of pyridine rings is 1. The Kier molecular flexibility index (Phi) is 3.47. The highest BCUT2D eigenvalue weighted by Gasteiger charge is 2.37. The molecule has 0 N–H and O–H groups in total. The molecule has 1 amide bonds. The van der Waals surface area contributed by atoms with Crippen molar-refractivity contribution >= 4 is 33.3 Å². The van der Waals surface area contributed by atoms with Crippen molar-refractivity contribution in [3.05, 3.63) is 52.1 Å². The predicted molar refractivity (Wildman–Crippen MR) is 80.5 cm³/mol. The average molecular weight is 347 g/mol. The summed E-state index contributed by atoms with van der Waals surface area (Å²) >= 11 is 3.39. The maximum atomic E-state index is 12.2. The van der Waals surface area contributed by atoms with E-state index in [0.29, 0.717) is 27.3 Å². The van der Waals surface area contributed by atoms with E-state index in [4.69, 9.17) is 4.74 Å². The van der Waals surface area contributed by atoms with Crippen molar-refractivity contribution in [3.8, 4) is 5.88 Å². The molecule has 1 aromatic carbocycles. The van der Waals surface area contributed by atoms with Gasteiger partial charge in [-0.3, -0.25) is 14.5 Å². The minimum atomic E-state index is -0.540. The SMILES string of the molecule is COc1cccc(CN2C(=O)C(=O)c3cccc(Br)c32)n1. The summed E-state index contributed by atoms with van der Waals surface area (Å²) in [5.74, 6) is -0.562. The van der Waals surface area contributed by atoms with Crippen LogP contribution in [0, 0.1) is 0 Å². The molecule has 3 rings (SSSR count). The Bertz CT molecular complexity index is 745. The van der Waals surface area contributed by atoms with Gasteiger partial charge in [0.1, 0.15) is 0 Å². The Balaban J connectivity index is 2.00. The van der Waals surface area contributed by atoms with Crippen LogP contribution < -0.4 is 9.64 Å². The van der Waals surface area contributed by atoms with E-state index in [0.717, 1.165) is 0 Å². The maximum Gasteiger partial charge on any atom is 0.299 e. The van der Waals surface area contributed by atoms with Gasteiger partial charge in [-0.2, -0.15) is 0 Å². The molecule has 0 aliphatic carbocycles. The van der Waals surface area contributed by atoms with Gasteiger partial charge in [0.15, 0.2) is 0 Å². The van der Waals surface area contributed by atoms with Gasteiger partial charge in [0.25, 0.3) is 11.7 Å². The summed E-state index contributed by atoms with van der Waals surface area (Å²) in [5.41, 5.74) is 1.66. The van der Waals surface area contributed by atoms with Crippen molar-refractivity contribution < 1.29 is 14.3 Å². The summed E-state index contributed by atoms with van der Waals surface area (Å²) in [6.07, 6.45) is 0. The molecule has 0 bridgehead atoms. The minimum absolute atomic E-state index is 0.220. The molecule has 0 radical (unpaired) electrons. The number of para-hydroxylation sites is 1. The highest BCUT2D eigenvalue weighted by Crippen LogP contribution is 2.36. The molecule has 2 aromatic rings. The third kappa shape index (κ3) is 2.31. The van der Waals surface area contributed by atoms with Crippen LogP contribution in [0.3, 0.4) is 0 Å². The summed E-state index contributed by atoms with van der Waals surface area (Å²) < 4.78 is 5.78. The third-order valence-corrected chi connectivity index (χ3v) is 3.89. The number of ketones is 1. The number of hydrogen-bond donors (Lipinski definition) is 0. The van der Waals surface area contributed by atoms with Gasteiger partial charge < -0.3 is 4.74 Å². The van der Waals surface area contributed by atoms with E-state index in [9.17, 15) is 9.59 Å². The molecular formula is C15H11BrN2O3. The highest BCUT2D eigenvalue weighted by atomic mass is 79.9.